The van der Waals surface area contributed by atoms with E-state index in [2.05, 4.69) is 21.2 Å². The molecule has 154 valence electrons. The lowest BCUT2D eigenvalue weighted by Gasteiger charge is -2.24. The fourth-order valence-corrected chi connectivity index (χ4v) is 5.25. The molecular weight excluding hydrogens is 457 g/mol. The van der Waals surface area contributed by atoms with Gasteiger partial charge in [0.25, 0.3) is 0 Å². The molecule has 2 heterocycles. The minimum Gasteiger partial charge on any atom is -0.462 e. The van der Waals surface area contributed by atoms with Gasteiger partial charge in [-0.3, -0.25) is 4.40 Å². The summed E-state index contributed by atoms with van der Waals surface area (Å²) in [5.41, 5.74) is 2.40. The lowest BCUT2D eigenvalue weighted by Crippen LogP contribution is -2.23. The second-order valence-corrected chi connectivity index (χ2v) is 9.10. The van der Waals surface area contributed by atoms with Gasteiger partial charge in [-0.1, -0.05) is 30.6 Å². The van der Waals surface area contributed by atoms with Gasteiger partial charge >= 0.3 is 5.97 Å². The number of ether oxygens (including phenoxy) is 1. The monoisotopic (exact) mass is 479 g/mol. The van der Waals surface area contributed by atoms with Gasteiger partial charge in [-0.2, -0.15) is 0 Å². The van der Waals surface area contributed by atoms with Crippen LogP contribution in [0.3, 0.4) is 0 Å². The number of carbonyl (C=O) groups is 1. The molecule has 0 spiro atoms. The predicted octanol–water partition coefficient (Wildman–Crippen LogP) is 6.19. The number of halogens is 2. The molecular formula is C21H23BrFN3O2S. The van der Waals surface area contributed by atoms with Crippen LogP contribution in [0, 0.1) is 12.7 Å². The number of thiazole rings is 1. The largest absolute Gasteiger partial charge is 0.462 e. The van der Waals surface area contributed by atoms with Crippen LogP contribution in [0.1, 0.15) is 54.4 Å². The highest BCUT2D eigenvalue weighted by Gasteiger charge is 2.25. The summed E-state index contributed by atoms with van der Waals surface area (Å²) in [6.07, 6.45) is 5.88. The second kappa shape index (κ2) is 8.44. The molecule has 0 unspecified atom stereocenters. The third-order valence-electron chi connectivity index (χ3n) is 5.30. The Morgan fingerprint density at radius 2 is 2.14 bits per heavy atom. The van der Waals surface area contributed by atoms with Crippen LogP contribution in [0.4, 0.5) is 10.2 Å². The normalized spacial score (nSPS) is 15.0. The summed E-state index contributed by atoms with van der Waals surface area (Å²) in [4.78, 5) is 18.4. The average Bonchev–Trinajstić information content (AvgIpc) is 3.22. The Morgan fingerprint density at radius 3 is 2.83 bits per heavy atom. The summed E-state index contributed by atoms with van der Waals surface area (Å²) in [7, 11) is 0. The number of hydrogen-bond donors (Lipinski definition) is 1. The lowest BCUT2D eigenvalue weighted by atomic mass is 9.95. The molecule has 1 N–H and O–H groups in total. The number of benzene rings is 1. The molecule has 2 aromatic heterocycles. The maximum absolute atomic E-state index is 13.8. The Labute approximate surface area is 181 Å². The van der Waals surface area contributed by atoms with E-state index in [4.69, 9.17) is 9.72 Å². The van der Waals surface area contributed by atoms with Crippen LogP contribution in [0.25, 0.3) is 16.2 Å². The van der Waals surface area contributed by atoms with Gasteiger partial charge in [0.15, 0.2) is 4.96 Å². The van der Waals surface area contributed by atoms with Crippen LogP contribution in [0.5, 0.6) is 0 Å². The summed E-state index contributed by atoms with van der Waals surface area (Å²) < 4.78 is 21.4. The van der Waals surface area contributed by atoms with Crippen molar-refractivity contribution in [1.29, 1.82) is 0 Å². The quantitative estimate of drug-likeness (QED) is 0.442. The molecule has 4 rings (SSSR count). The molecule has 1 aromatic carbocycles. The van der Waals surface area contributed by atoms with E-state index >= 15 is 0 Å². The van der Waals surface area contributed by atoms with Crippen molar-refractivity contribution < 1.29 is 13.9 Å². The zero-order chi connectivity index (χ0) is 20.5. The van der Waals surface area contributed by atoms with Gasteiger partial charge in [-0.15, -0.1) is 0 Å². The first-order valence-corrected chi connectivity index (χ1v) is 11.5. The Kier molecular flexibility index (Phi) is 5.92. The number of anilines is 1. The molecule has 5 nitrogen and oxygen atoms in total. The number of hydrogen-bond acceptors (Lipinski definition) is 5. The number of aryl methyl sites for hydroxylation is 1. The van der Waals surface area contributed by atoms with Crippen molar-refractivity contribution in [2.45, 2.75) is 52.0 Å². The van der Waals surface area contributed by atoms with E-state index in [-0.39, 0.29) is 11.8 Å². The van der Waals surface area contributed by atoms with E-state index in [0.29, 0.717) is 22.0 Å². The summed E-state index contributed by atoms with van der Waals surface area (Å²) in [6.45, 7) is 4.04. The molecule has 0 bridgehead atoms. The van der Waals surface area contributed by atoms with Gasteiger partial charge in [0.1, 0.15) is 22.2 Å². The van der Waals surface area contributed by atoms with Crippen molar-refractivity contribution in [2.24, 2.45) is 0 Å². The highest BCUT2D eigenvalue weighted by atomic mass is 79.9. The van der Waals surface area contributed by atoms with Gasteiger partial charge in [-0.25, -0.2) is 14.2 Å². The van der Waals surface area contributed by atoms with E-state index in [9.17, 15) is 9.18 Å². The average molecular weight is 480 g/mol. The topological polar surface area (TPSA) is 55.6 Å². The minimum absolute atomic E-state index is 0.308. The highest BCUT2D eigenvalue weighted by molar-refractivity contribution is 9.10. The molecule has 8 heteroatoms. The molecule has 3 aromatic rings. The van der Waals surface area contributed by atoms with Gasteiger partial charge in [0.2, 0.25) is 0 Å². The number of fused-ring (bicyclic) bond motifs is 1. The maximum Gasteiger partial charge on any atom is 0.350 e. The fourth-order valence-electron chi connectivity index (χ4n) is 3.85. The molecule has 0 radical (unpaired) electrons. The van der Waals surface area contributed by atoms with E-state index in [1.807, 2.05) is 11.3 Å². The zero-order valence-corrected chi connectivity index (χ0v) is 18.8. The third-order valence-corrected chi connectivity index (χ3v) is 7.03. The predicted molar refractivity (Wildman–Crippen MR) is 117 cm³/mol. The van der Waals surface area contributed by atoms with Gasteiger partial charge in [-0.05, 0) is 60.8 Å². The van der Waals surface area contributed by atoms with Crippen LogP contribution in [0.15, 0.2) is 22.7 Å². The standard InChI is InChI=1S/C21H23BrFN3O2S/c1-3-28-20(27)18-12(2)26-19(24-14-7-5-4-6-8-14)17(25-21(26)29-18)13-9-10-16(23)15(22)11-13/h9-11,14,24H,3-8H2,1-2H3. The van der Waals surface area contributed by atoms with E-state index in [0.717, 1.165) is 40.6 Å². The number of nitrogens with one attached hydrogen (secondary N) is 1. The van der Waals surface area contributed by atoms with Crippen LogP contribution in [0.2, 0.25) is 0 Å². The number of esters is 1. The van der Waals surface area contributed by atoms with Crippen LogP contribution in [-0.2, 0) is 4.74 Å². The number of rotatable bonds is 5. The van der Waals surface area contributed by atoms with Crippen LogP contribution >= 0.6 is 27.3 Å². The Balaban J connectivity index is 1.84. The molecule has 1 aliphatic rings. The van der Waals surface area contributed by atoms with Crippen molar-refractivity contribution in [3.63, 3.8) is 0 Å². The van der Waals surface area contributed by atoms with Crippen molar-refractivity contribution in [2.75, 3.05) is 11.9 Å². The van der Waals surface area contributed by atoms with Crippen LogP contribution in [-0.4, -0.2) is 28.0 Å². The second-order valence-electron chi connectivity index (χ2n) is 7.27. The van der Waals surface area contributed by atoms with E-state index in [1.54, 1.807) is 19.1 Å². The molecule has 29 heavy (non-hydrogen) atoms. The number of nitrogens with zero attached hydrogens (tertiary/aromatic N) is 2. The number of aromatic nitrogens is 2. The van der Waals surface area contributed by atoms with Crippen molar-refractivity contribution >= 4 is 44.0 Å². The van der Waals surface area contributed by atoms with Gasteiger partial charge in [0, 0.05) is 17.3 Å². The Morgan fingerprint density at radius 1 is 1.38 bits per heavy atom. The first-order chi connectivity index (χ1) is 14.0. The molecule has 0 saturated heterocycles. The minimum atomic E-state index is -0.324. The molecule has 0 aliphatic heterocycles. The number of carbonyl (C=O) groups excluding carboxylic acids is 1. The first kappa shape index (κ1) is 20.3. The summed E-state index contributed by atoms with van der Waals surface area (Å²) in [5.74, 6) is 0.224. The van der Waals surface area contributed by atoms with Crippen molar-refractivity contribution in [3.05, 3.63) is 39.1 Å². The summed E-state index contributed by atoms with van der Waals surface area (Å²) >= 11 is 4.60. The third kappa shape index (κ3) is 3.92. The molecule has 0 amide bonds. The summed E-state index contributed by atoms with van der Waals surface area (Å²) in [6, 6.07) is 5.28. The van der Waals surface area contributed by atoms with E-state index < -0.39 is 0 Å². The van der Waals surface area contributed by atoms with E-state index in [1.165, 1.54) is 36.7 Å². The highest BCUT2D eigenvalue weighted by Crippen LogP contribution is 2.37. The Hall–Kier alpha value is -1.93. The molecule has 1 saturated carbocycles. The molecule has 1 aliphatic carbocycles. The smallest absolute Gasteiger partial charge is 0.350 e. The Bertz CT molecular complexity index is 1060. The SMILES string of the molecule is CCOC(=O)c1sc2nc(-c3ccc(F)c(Br)c3)c(NC3CCCCC3)n2c1C. The first-order valence-electron chi connectivity index (χ1n) is 9.90. The molecule has 1 fully saturated rings. The van der Waals surface area contributed by atoms with Gasteiger partial charge in [0.05, 0.1) is 11.1 Å². The van der Waals surface area contributed by atoms with Crippen LogP contribution < -0.4 is 5.32 Å². The fraction of sp³-hybridized carbons (Fsp3) is 0.429. The summed E-state index contributed by atoms with van der Waals surface area (Å²) in [5, 5.41) is 3.68. The van der Waals surface area contributed by atoms with Crippen molar-refractivity contribution in [3.8, 4) is 11.3 Å². The lowest BCUT2D eigenvalue weighted by molar-refractivity contribution is 0.0531. The maximum atomic E-state index is 13.8. The van der Waals surface area contributed by atoms with Gasteiger partial charge < -0.3 is 10.1 Å². The number of imidazole rings is 1. The van der Waals surface area contributed by atoms with Crippen molar-refractivity contribution in [1.82, 2.24) is 9.38 Å². The molecule has 0 atom stereocenters. The zero-order valence-electron chi connectivity index (χ0n) is 16.4.